The number of nitrogens with one attached hydrogen (secondary N) is 1. The summed E-state index contributed by atoms with van der Waals surface area (Å²) in [6.07, 6.45) is -1.93. The summed E-state index contributed by atoms with van der Waals surface area (Å²) in [5.74, 6) is -1.37. The largest absolute Gasteiger partial charge is 0.398 e. The van der Waals surface area contributed by atoms with Gasteiger partial charge in [-0.2, -0.15) is 13.2 Å². The molecule has 7 heteroatoms. The lowest BCUT2D eigenvalue weighted by atomic mass is 10.1. The van der Waals surface area contributed by atoms with Gasteiger partial charge in [0.15, 0.2) is 0 Å². The molecule has 1 aromatic rings. The summed E-state index contributed by atoms with van der Waals surface area (Å²) in [4.78, 5) is 12.3. The normalized spacial score (nSPS) is 13.0. The average molecular weight is 320 g/mol. The average Bonchev–Trinajstić information content (AvgIpc) is 2.42. The molecule has 1 rings (SSSR count). The van der Waals surface area contributed by atoms with Crippen LogP contribution in [-0.2, 0) is 4.79 Å². The molecule has 0 radical (unpaired) electrons. The van der Waals surface area contributed by atoms with Gasteiger partial charge in [0, 0.05) is 4.90 Å². The topological polar surface area (TPSA) is 55.1 Å². The van der Waals surface area contributed by atoms with Gasteiger partial charge in [0.1, 0.15) is 0 Å². The van der Waals surface area contributed by atoms with E-state index in [4.69, 9.17) is 5.73 Å². The third-order valence-electron chi connectivity index (χ3n) is 2.74. The first-order chi connectivity index (χ1) is 9.83. The Morgan fingerprint density at radius 3 is 2.67 bits per heavy atom. The summed E-state index contributed by atoms with van der Waals surface area (Å²) in [5.41, 5.74) is 6.11. The second-order valence-corrected chi connectivity index (χ2v) is 5.66. The number of hydrogen-bond donors (Lipinski definition) is 2. The molecule has 0 saturated carbocycles. The Morgan fingerprint density at radius 2 is 2.05 bits per heavy atom. The smallest absolute Gasteiger partial charge is 0.324 e. The predicted octanol–water partition coefficient (Wildman–Crippen LogP) is 3.80. The Bertz CT molecular complexity index is 466. The van der Waals surface area contributed by atoms with Crippen LogP contribution in [0.4, 0.5) is 18.9 Å². The highest BCUT2D eigenvalue weighted by molar-refractivity contribution is 7.99. The molecule has 21 heavy (non-hydrogen) atoms. The molecule has 0 aliphatic rings. The van der Waals surface area contributed by atoms with E-state index in [9.17, 15) is 18.0 Å². The zero-order valence-corrected chi connectivity index (χ0v) is 12.6. The van der Waals surface area contributed by atoms with E-state index in [2.05, 4.69) is 5.32 Å². The van der Waals surface area contributed by atoms with Crippen molar-refractivity contribution >= 4 is 23.4 Å². The van der Waals surface area contributed by atoms with Gasteiger partial charge in [0.2, 0.25) is 5.91 Å². The van der Waals surface area contributed by atoms with Gasteiger partial charge >= 0.3 is 6.18 Å². The van der Waals surface area contributed by atoms with E-state index in [-0.39, 0.29) is 5.91 Å². The van der Waals surface area contributed by atoms with E-state index in [1.807, 2.05) is 6.92 Å². The highest BCUT2D eigenvalue weighted by Crippen LogP contribution is 2.32. The molecule has 0 aliphatic carbocycles. The number of hydrogen-bond acceptors (Lipinski definition) is 3. The monoisotopic (exact) mass is 320 g/mol. The Kier molecular flexibility index (Phi) is 7.04. The lowest BCUT2D eigenvalue weighted by molar-refractivity contribution is -0.117. The van der Waals surface area contributed by atoms with E-state index in [0.29, 0.717) is 28.8 Å². The minimum Gasteiger partial charge on any atom is -0.324 e. The highest BCUT2D eigenvalue weighted by atomic mass is 32.2. The van der Waals surface area contributed by atoms with Crippen LogP contribution in [0.5, 0.6) is 0 Å². The fourth-order valence-corrected chi connectivity index (χ4v) is 2.40. The van der Waals surface area contributed by atoms with Crippen LogP contribution < -0.4 is 11.1 Å². The molecular formula is C14H19F3N2OS. The van der Waals surface area contributed by atoms with Crippen LogP contribution in [0, 0.1) is 0 Å². The van der Waals surface area contributed by atoms with Crippen LogP contribution in [0.2, 0.25) is 0 Å². The minimum absolute atomic E-state index is 0.365. The number of anilines is 1. The quantitative estimate of drug-likeness (QED) is 0.751. The van der Waals surface area contributed by atoms with Gasteiger partial charge in [-0.25, -0.2) is 0 Å². The van der Waals surface area contributed by atoms with Crippen LogP contribution in [0.15, 0.2) is 29.2 Å². The van der Waals surface area contributed by atoms with E-state index in [0.717, 1.165) is 12.8 Å². The number of amides is 1. The van der Waals surface area contributed by atoms with Gasteiger partial charge in [-0.05, 0) is 18.6 Å². The molecule has 1 aromatic carbocycles. The Morgan fingerprint density at radius 1 is 1.38 bits per heavy atom. The van der Waals surface area contributed by atoms with Gasteiger partial charge in [-0.3, -0.25) is 4.79 Å². The third-order valence-corrected chi connectivity index (χ3v) is 3.88. The first-order valence-corrected chi connectivity index (χ1v) is 7.67. The van der Waals surface area contributed by atoms with Crippen molar-refractivity contribution in [2.75, 3.05) is 11.1 Å². The first-order valence-electron chi connectivity index (χ1n) is 6.68. The number of carbonyl (C=O) groups is 1. The molecule has 1 amide bonds. The molecule has 3 N–H and O–H groups in total. The lowest BCUT2D eigenvalue weighted by Crippen LogP contribution is -2.35. The number of nitrogens with two attached hydrogens (primary N) is 1. The van der Waals surface area contributed by atoms with Gasteiger partial charge in [-0.1, -0.05) is 31.9 Å². The zero-order chi connectivity index (χ0) is 15.9. The second-order valence-electron chi connectivity index (χ2n) is 4.64. The first kappa shape index (κ1) is 17.8. The molecule has 0 aromatic heterocycles. The van der Waals surface area contributed by atoms with Gasteiger partial charge in [0.25, 0.3) is 0 Å². The number of carbonyl (C=O) groups excluding carboxylic acids is 1. The number of para-hydroxylation sites is 1. The van der Waals surface area contributed by atoms with E-state index < -0.39 is 18.0 Å². The van der Waals surface area contributed by atoms with Crippen molar-refractivity contribution in [1.29, 1.82) is 0 Å². The molecule has 0 saturated heterocycles. The minimum atomic E-state index is -4.25. The number of alkyl halides is 3. The Labute approximate surface area is 126 Å². The SMILES string of the molecule is CCCC[C@H](N)C(=O)Nc1ccccc1SCC(F)(F)F. The summed E-state index contributed by atoms with van der Waals surface area (Å²) >= 11 is 0.645. The maximum absolute atomic E-state index is 12.3. The zero-order valence-electron chi connectivity index (χ0n) is 11.7. The molecule has 0 heterocycles. The summed E-state index contributed by atoms with van der Waals surface area (Å²) < 4.78 is 36.8. The highest BCUT2D eigenvalue weighted by Gasteiger charge is 2.27. The maximum Gasteiger partial charge on any atom is 0.398 e. The molecule has 0 spiro atoms. The van der Waals surface area contributed by atoms with E-state index in [1.165, 1.54) is 0 Å². The van der Waals surface area contributed by atoms with Gasteiger partial charge in [-0.15, -0.1) is 11.8 Å². The van der Waals surface area contributed by atoms with Crippen molar-refractivity contribution in [1.82, 2.24) is 0 Å². The van der Waals surface area contributed by atoms with Crippen molar-refractivity contribution in [3.05, 3.63) is 24.3 Å². The molecule has 0 unspecified atom stereocenters. The van der Waals surface area contributed by atoms with Gasteiger partial charge in [0.05, 0.1) is 17.5 Å². The van der Waals surface area contributed by atoms with Crippen molar-refractivity contribution < 1.29 is 18.0 Å². The molecular weight excluding hydrogens is 301 g/mol. The number of rotatable bonds is 7. The summed E-state index contributed by atoms with van der Waals surface area (Å²) in [5, 5.41) is 2.60. The Balaban J connectivity index is 2.68. The third kappa shape index (κ3) is 6.86. The van der Waals surface area contributed by atoms with E-state index in [1.54, 1.807) is 24.3 Å². The number of thioether (sulfide) groups is 1. The van der Waals surface area contributed by atoms with Crippen LogP contribution in [0.25, 0.3) is 0 Å². The van der Waals surface area contributed by atoms with Crippen molar-refractivity contribution in [2.24, 2.45) is 5.73 Å². The van der Waals surface area contributed by atoms with E-state index >= 15 is 0 Å². The van der Waals surface area contributed by atoms with Gasteiger partial charge < -0.3 is 11.1 Å². The fraction of sp³-hybridized carbons (Fsp3) is 0.500. The summed E-state index contributed by atoms with van der Waals surface area (Å²) in [7, 11) is 0. The van der Waals surface area contributed by atoms with Crippen molar-refractivity contribution in [3.63, 3.8) is 0 Å². The second kappa shape index (κ2) is 8.29. The number of benzene rings is 1. The molecule has 118 valence electrons. The molecule has 0 aliphatic heterocycles. The van der Waals surface area contributed by atoms with Crippen molar-refractivity contribution in [3.8, 4) is 0 Å². The summed E-state index contributed by atoms with van der Waals surface area (Å²) in [6, 6.07) is 5.76. The molecule has 1 atom stereocenters. The maximum atomic E-state index is 12.3. The molecule has 0 fully saturated rings. The Hall–Kier alpha value is -1.21. The van der Waals surface area contributed by atoms with Crippen LogP contribution in [0.3, 0.4) is 0 Å². The molecule has 3 nitrogen and oxygen atoms in total. The number of halogens is 3. The van der Waals surface area contributed by atoms with Crippen molar-refractivity contribution in [2.45, 2.75) is 43.3 Å². The van der Waals surface area contributed by atoms with Crippen LogP contribution in [0.1, 0.15) is 26.2 Å². The number of unbranched alkanes of at least 4 members (excludes halogenated alkanes) is 1. The predicted molar refractivity (Wildman–Crippen MR) is 79.4 cm³/mol. The lowest BCUT2D eigenvalue weighted by Gasteiger charge is -2.15. The molecule has 0 bridgehead atoms. The standard InChI is InChI=1S/C14H19F3N2OS/c1-2-3-6-10(18)13(20)19-11-7-4-5-8-12(11)21-9-14(15,16)17/h4-5,7-8,10H,2-3,6,9,18H2,1H3,(H,19,20)/t10-/m0/s1. The summed E-state index contributed by atoms with van der Waals surface area (Å²) in [6.45, 7) is 1.99. The van der Waals surface area contributed by atoms with Crippen LogP contribution >= 0.6 is 11.8 Å². The fourth-order valence-electron chi connectivity index (χ4n) is 1.64. The van der Waals surface area contributed by atoms with Crippen LogP contribution in [-0.4, -0.2) is 23.9 Å².